The van der Waals surface area contributed by atoms with E-state index in [2.05, 4.69) is 18.5 Å². The molecule has 1 N–H and O–H groups in total. The van der Waals surface area contributed by atoms with Crippen LogP contribution in [0, 0.1) is 5.92 Å². The molecule has 1 aliphatic heterocycles. The van der Waals surface area contributed by atoms with Gasteiger partial charge in [-0.2, -0.15) is 0 Å². The van der Waals surface area contributed by atoms with E-state index in [-0.39, 0.29) is 36.0 Å². The molecule has 1 fully saturated rings. The molecule has 156 valence electrons. The first-order valence-corrected chi connectivity index (χ1v) is 9.71. The smallest absolute Gasteiger partial charge is 0.436 e. The molecular formula is C18H27N3O6S. The van der Waals surface area contributed by atoms with Crippen molar-refractivity contribution in [2.75, 3.05) is 32.8 Å². The summed E-state index contributed by atoms with van der Waals surface area (Å²) in [4.78, 5) is 48.8. The normalized spacial score (nSPS) is 16.6. The van der Waals surface area contributed by atoms with Crippen LogP contribution in [0.15, 0.2) is 25.3 Å². The number of nitrogens with one attached hydrogen (secondary N) is 1. The van der Waals surface area contributed by atoms with Crippen molar-refractivity contribution in [2.45, 2.75) is 25.5 Å². The Balaban J connectivity index is 3.14. The zero-order chi connectivity index (χ0) is 21.1. The van der Waals surface area contributed by atoms with Crippen molar-refractivity contribution in [3.63, 3.8) is 0 Å². The van der Waals surface area contributed by atoms with Crippen LogP contribution in [-0.4, -0.2) is 71.3 Å². The van der Waals surface area contributed by atoms with Gasteiger partial charge in [-0.15, -0.1) is 5.01 Å². The lowest BCUT2D eigenvalue weighted by atomic mass is 10.0. The Morgan fingerprint density at radius 1 is 1.14 bits per heavy atom. The summed E-state index contributed by atoms with van der Waals surface area (Å²) in [5, 5.41) is 4.22. The summed E-state index contributed by atoms with van der Waals surface area (Å²) >= 11 is 1.07. The number of carbonyl (C=O) groups is 4. The Morgan fingerprint density at radius 3 is 2.21 bits per heavy atom. The van der Waals surface area contributed by atoms with E-state index in [0.29, 0.717) is 11.6 Å². The molecule has 0 spiro atoms. The van der Waals surface area contributed by atoms with E-state index in [9.17, 15) is 19.2 Å². The second-order valence-electron chi connectivity index (χ2n) is 6.04. The van der Waals surface area contributed by atoms with Crippen LogP contribution in [0.3, 0.4) is 0 Å². The minimum atomic E-state index is -1.03. The van der Waals surface area contributed by atoms with E-state index >= 15 is 0 Å². The van der Waals surface area contributed by atoms with Crippen LogP contribution in [0.4, 0.5) is 9.59 Å². The Kier molecular flexibility index (Phi) is 10.3. The van der Waals surface area contributed by atoms with E-state index in [1.54, 1.807) is 0 Å². The van der Waals surface area contributed by atoms with Gasteiger partial charge < -0.3 is 14.8 Å². The maximum absolute atomic E-state index is 12.6. The molecule has 28 heavy (non-hydrogen) atoms. The average molecular weight is 413 g/mol. The van der Waals surface area contributed by atoms with Gasteiger partial charge in [0.25, 0.3) is 0 Å². The fourth-order valence-electron chi connectivity index (χ4n) is 2.69. The van der Waals surface area contributed by atoms with Crippen LogP contribution < -0.4 is 5.32 Å². The highest BCUT2D eigenvalue weighted by atomic mass is 32.2. The molecule has 0 aromatic heterocycles. The Labute approximate surface area is 169 Å². The highest BCUT2D eigenvalue weighted by Gasteiger charge is 2.37. The monoisotopic (exact) mass is 413 g/mol. The topological polar surface area (TPSA) is 105 Å². The third-order valence-corrected chi connectivity index (χ3v) is 5.04. The molecule has 3 amide bonds. The quantitative estimate of drug-likeness (QED) is 0.476. The number of thioether (sulfide) groups is 1. The lowest BCUT2D eigenvalue weighted by Gasteiger charge is -2.34. The van der Waals surface area contributed by atoms with Gasteiger partial charge in [-0.25, -0.2) is 14.6 Å². The summed E-state index contributed by atoms with van der Waals surface area (Å²) < 4.78 is 9.98. The largest absolute Gasteiger partial charge is 0.444 e. The van der Waals surface area contributed by atoms with Crippen molar-refractivity contribution in [2.24, 2.45) is 5.92 Å². The van der Waals surface area contributed by atoms with Crippen LogP contribution in [0.5, 0.6) is 0 Å². The molecule has 1 heterocycles. The van der Waals surface area contributed by atoms with Gasteiger partial charge >= 0.3 is 12.2 Å². The highest BCUT2D eigenvalue weighted by molar-refractivity contribution is 8.14. The van der Waals surface area contributed by atoms with E-state index in [1.807, 2.05) is 0 Å². The van der Waals surface area contributed by atoms with Crippen LogP contribution in [0.1, 0.15) is 20.3 Å². The summed E-state index contributed by atoms with van der Waals surface area (Å²) in [6.45, 7) is 10.6. The van der Waals surface area contributed by atoms with E-state index in [0.717, 1.165) is 36.7 Å². The number of ether oxygens (including phenoxy) is 2. The SMILES string of the molecule is C=CCOC(=O)N(C[C@@H](SC(C)=O)[C@H]1CCNC1)N(C(C)=O)C(=O)OCC=C. The molecule has 0 bridgehead atoms. The van der Waals surface area contributed by atoms with Crippen LogP contribution in [0.25, 0.3) is 0 Å². The van der Waals surface area contributed by atoms with Crippen molar-refractivity contribution in [3.05, 3.63) is 25.3 Å². The number of amides is 3. The Bertz CT molecular complexity index is 606. The van der Waals surface area contributed by atoms with Gasteiger partial charge in [0.2, 0.25) is 5.91 Å². The Hall–Kier alpha value is -2.33. The van der Waals surface area contributed by atoms with Gasteiger partial charge in [-0.3, -0.25) is 9.59 Å². The number of carbonyl (C=O) groups excluding carboxylic acids is 4. The van der Waals surface area contributed by atoms with Gasteiger partial charge in [0.15, 0.2) is 5.12 Å². The fourth-order valence-corrected chi connectivity index (χ4v) is 3.76. The maximum Gasteiger partial charge on any atom is 0.436 e. The van der Waals surface area contributed by atoms with E-state index in [4.69, 9.17) is 9.47 Å². The lowest BCUT2D eigenvalue weighted by molar-refractivity contribution is -0.139. The summed E-state index contributed by atoms with van der Waals surface area (Å²) in [7, 11) is 0. The average Bonchev–Trinajstić information content (AvgIpc) is 3.17. The first kappa shape index (κ1) is 23.7. The zero-order valence-electron chi connectivity index (χ0n) is 16.2. The minimum absolute atomic E-state index is 0.0741. The van der Waals surface area contributed by atoms with Crippen molar-refractivity contribution in [3.8, 4) is 0 Å². The predicted molar refractivity (Wildman–Crippen MR) is 105 cm³/mol. The van der Waals surface area contributed by atoms with Crippen molar-refractivity contribution < 1.29 is 28.7 Å². The van der Waals surface area contributed by atoms with Crippen molar-refractivity contribution in [1.82, 2.24) is 15.3 Å². The lowest BCUT2D eigenvalue weighted by Crippen LogP contribution is -2.55. The molecule has 0 aliphatic carbocycles. The minimum Gasteiger partial charge on any atom is -0.444 e. The third-order valence-electron chi connectivity index (χ3n) is 3.87. The number of imide groups is 1. The van der Waals surface area contributed by atoms with Gasteiger partial charge in [-0.05, 0) is 25.4 Å². The molecule has 0 aromatic rings. The molecule has 0 saturated carbocycles. The molecular weight excluding hydrogens is 386 g/mol. The standard InChI is InChI=1S/C18H27N3O6S/c1-5-9-26-17(24)20(21(13(3)22)18(25)27-10-6-2)12-16(28-14(4)23)15-7-8-19-11-15/h5-6,15-16,19H,1-2,7-12H2,3-4H3/t15-,16+/m0/s1. The van der Waals surface area contributed by atoms with Crippen LogP contribution >= 0.6 is 11.8 Å². The maximum atomic E-state index is 12.6. The van der Waals surface area contributed by atoms with Crippen LogP contribution in [-0.2, 0) is 19.1 Å². The number of hydrazine groups is 1. The second-order valence-corrected chi connectivity index (χ2v) is 7.46. The summed E-state index contributed by atoms with van der Waals surface area (Å²) in [5.41, 5.74) is 0. The van der Waals surface area contributed by atoms with Crippen LogP contribution in [0.2, 0.25) is 0 Å². The first-order valence-electron chi connectivity index (χ1n) is 8.83. The first-order chi connectivity index (χ1) is 13.3. The molecule has 0 radical (unpaired) electrons. The molecule has 0 unspecified atom stereocenters. The van der Waals surface area contributed by atoms with Gasteiger partial charge in [0.1, 0.15) is 13.2 Å². The number of rotatable bonds is 8. The summed E-state index contributed by atoms with van der Waals surface area (Å²) in [6, 6.07) is 0. The second kappa shape index (κ2) is 12.2. The third kappa shape index (κ3) is 7.35. The molecule has 0 aromatic carbocycles. The van der Waals surface area contributed by atoms with Crippen molar-refractivity contribution in [1.29, 1.82) is 0 Å². The summed E-state index contributed by atoms with van der Waals surface area (Å²) in [6.07, 6.45) is 1.58. The van der Waals surface area contributed by atoms with Crippen molar-refractivity contribution >= 4 is 35.0 Å². The van der Waals surface area contributed by atoms with Gasteiger partial charge in [-0.1, -0.05) is 37.1 Å². The molecule has 10 heteroatoms. The molecule has 1 aliphatic rings. The van der Waals surface area contributed by atoms with E-state index < -0.39 is 18.1 Å². The Morgan fingerprint density at radius 2 is 1.75 bits per heavy atom. The van der Waals surface area contributed by atoms with Gasteiger partial charge in [0, 0.05) is 19.1 Å². The van der Waals surface area contributed by atoms with Gasteiger partial charge in [0.05, 0.1) is 6.54 Å². The molecule has 2 atom stereocenters. The number of hydrogen-bond acceptors (Lipinski definition) is 8. The predicted octanol–water partition coefficient (Wildman–Crippen LogP) is 1.95. The molecule has 1 rings (SSSR count). The number of hydrogen-bond donors (Lipinski definition) is 1. The highest BCUT2D eigenvalue weighted by Crippen LogP contribution is 2.27. The zero-order valence-corrected chi connectivity index (χ0v) is 17.0. The van der Waals surface area contributed by atoms with E-state index in [1.165, 1.54) is 19.1 Å². The molecule has 1 saturated heterocycles. The summed E-state index contributed by atoms with van der Waals surface area (Å²) in [5.74, 6) is -0.637. The molecule has 9 nitrogen and oxygen atoms in total. The fraction of sp³-hybridized carbons (Fsp3) is 0.556. The number of nitrogens with zero attached hydrogens (tertiary/aromatic N) is 2.